The van der Waals surface area contributed by atoms with Gasteiger partial charge in [-0.1, -0.05) is 12.1 Å². The molecule has 162 valence electrons. The SMILES string of the molecule is COc1ccc(N2CCN(CC(=O)N(C)Cc3ccc(OC(F)F)cc3)CC2)cc1. The summed E-state index contributed by atoms with van der Waals surface area (Å²) in [6.45, 7) is 1.27. The van der Waals surface area contributed by atoms with E-state index in [0.29, 0.717) is 13.1 Å². The molecule has 2 aromatic carbocycles. The molecule has 0 saturated carbocycles. The highest BCUT2D eigenvalue weighted by Gasteiger charge is 2.21. The van der Waals surface area contributed by atoms with Crippen molar-refractivity contribution in [3.8, 4) is 11.5 Å². The molecule has 1 aliphatic rings. The minimum atomic E-state index is -2.84. The summed E-state index contributed by atoms with van der Waals surface area (Å²) in [6.07, 6.45) is 0. The van der Waals surface area contributed by atoms with Crippen molar-refractivity contribution < 1.29 is 23.0 Å². The number of rotatable bonds is 8. The van der Waals surface area contributed by atoms with Gasteiger partial charge in [-0.05, 0) is 42.0 Å². The number of amides is 1. The Labute approximate surface area is 175 Å². The van der Waals surface area contributed by atoms with Gasteiger partial charge in [0.05, 0.1) is 13.7 Å². The second kappa shape index (κ2) is 10.2. The van der Waals surface area contributed by atoms with Crippen molar-refractivity contribution in [3.63, 3.8) is 0 Å². The van der Waals surface area contributed by atoms with Gasteiger partial charge in [0.1, 0.15) is 11.5 Å². The van der Waals surface area contributed by atoms with E-state index >= 15 is 0 Å². The standard InChI is InChI=1S/C22H27F2N3O3/c1-25(15-17-3-7-20(8-4-17)30-22(23)24)21(28)16-26-11-13-27(14-12-26)18-5-9-19(29-2)10-6-18/h3-10,22H,11-16H2,1-2H3. The van der Waals surface area contributed by atoms with Gasteiger partial charge in [-0.3, -0.25) is 9.69 Å². The maximum absolute atomic E-state index is 12.6. The van der Waals surface area contributed by atoms with Crippen LogP contribution in [0.1, 0.15) is 5.56 Å². The second-order valence-corrected chi connectivity index (χ2v) is 7.23. The molecule has 0 unspecified atom stereocenters. The minimum absolute atomic E-state index is 0.0285. The number of alkyl halides is 2. The van der Waals surface area contributed by atoms with Crippen LogP contribution in [-0.4, -0.2) is 69.2 Å². The lowest BCUT2D eigenvalue weighted by molar-refractivity contribution is -0.131. The summed E-state index contributed by atoms with van der Waals surface area (Å²) in [6, 6.07) is 14.3. The molecule has 1 amide bonds. The third-order valence-corrected chi connectivity index (χ3v) is 5.16. The summed E-state index contributed by atoms with van der Waals surface area (Å²) in [5, 5.41) is 0. The molecule has 0 N–H and O–H groups in total. The molecule has 0 bridgehead atoms. The third-order valence-electron chi connectivity index (χ3n) is 5.16. The van der Waals surface area contributed by atoms with Crippen molar-refractivity contribution in [2.75, 3.05) is 51.8 Å². The first-order valence-corrected chi connectivity index (χ1v) is 9.83. The molecule has 0 radical (unpaired) electrons. The monoisotopic (exact) mass is 419 g/mol. The molecule has 3 rings (SSSR count). The van der Waals surface area contributed by atoms with E-state index in [1.165, 1.54) is 12.1 Å². The number of piperazine rings is 1. The van der Waals surface area contributed by atoms with E-state index in [4.69, 9.17) is 4.74 Å². The molecule has 1 fully saturated rings. The Morgan fingerprint density at radius 3 is 2.17 bits per heavy atom. The third kappa shape index (κ3) is 6.06. The Morgan fingerprint density at radius 1 is 1.00 bits per heavy atom. The highest BCUT2D eigenvalue weighted by Crippen LogP contribution is 2.20. The van der Waals surface area contributed by atoms with Crippen LogP contribution >= 0.6 is 0 Å². The summed E-state index contributed by atoms with van der Waals surface area (Å²) >= 11 is 0. The number of carbonyl (C=O) groups is 1. The van der Waals surface area contributed by atoms with Gasteiger partial charge in [0.25, 0.3) is 0 Å². The number of benzene rings is 2. The zero-order chi connectivity index (χ0) is 21.5. The Hall–Kier alpha value is -2.87. The molecular formula is C22H27F2N3O3. The molecular weight excluding hydrogens is 392 g/mol. The Balaban J connectivity index is 1.44. The van der Waals surface area contributed by atoms with Crippen LogP contribution in [0.5, 0.6) is 11.5 Å². The van der Waals surface area contributed by atoms with Gasteiger partial charge in [0.15, 0.2) is 0 Å². The Bertz CT molecular complexity index is 807. The lowest BCUT2D eigenvalue weighted by Gasteiger charge is -2.36. The number of carbonyl (C=O) groups excluding carboxylic acids is 1. The summed E-state index contributed by atoms with van der Waals surface area (Å²) in [4.78, 5) is 18.7. The maximum atomic E-state index is 12.6. The smallest absolute Gasteiger partial charge is 0.387 e. The van der Waals surface area contributed by atoms with Gasteiger partial charge in [-0.2, -0.15) is 8.78 Å². The first kappa shape index (κ1) is 21.8. The van der Waals surface area contributed by atoms with Crippen LogP contribution in [-0.2, 0) is 11.3 Å². The van der Waals surface area contributed by atoms with Crippen molar-refractivity contribution in [1.29, 1.82) is 0 Å². The fourth-order valence-corrected chi connectivity index (χ4v) is 3.41. The lowest BCUT2D eigenvalue weighted by Crippen LogP contribution is -2.49. The van der Waals surface area contributed by atoms with Crippen molar-refractivity contribution in [2.45, 2.75) is 13.2 Å². The van der Waals surface area contributed by atoms with E-state index in [1.807, 2.05) is 24.3 Å². The highest BCUT2D eigenvalue weighted by atomic mass is 19.3. The van der Waals surface area contributed by atoms with Crippen LogP contribution in [0.3, 0.4) is 0 Å². The normalized spacial score (nSPS) is 14.6. The average molecular weight is 419 g/mol. The number of hydrogen-bond donors (Lipinski definition) is 0. The van der Waals surface area contributed by atoms with Crippen LogP contribution in [0, 0.1) is 0 Å². The second-order valence-electron chi connectivity index (χ2n) is 7.23. The molecule has 30 heavy (non-hydrogen) atoms. The van der Waals surface area contributed by atoms with E-state index in [1.54, 1.807) is 31.2 Å². The largest absolute Gasteiger partial charge is 0.497 e. The van der Waals surface area contributed by atoms with Crippen LogP contribution in [0.4, 0.5) is 14.5 Å². The Kier molecular flexibility index (Phi) is 7.46. The fraction of sp³-hybridized carbons (Fsp3) is 0.409. The number of likely N-dealkylation sites (N-methyl/N-ethyl adjacent to an activating group) is 1. The molecule has 1 saturated heterocycles. The first-order chi connectivity index (χ1) is 14.4. The fourth-order valence-electron chi connectivity index (χ4n) is 3.41. The van der Waals surface area contributed by atoms with Gasteiger partial charge in [-0.15, -0.1) is 0 Å². The van der Waals surface area contributed by atoms with Gasteiger partial charge in [0.2, 0.25) is 5.91 Å². The van der Waals surface area contributed by atoms with Crippen LogP contribution in [0.15, 0.2) is 48.5 Å². The van der Waals surface area contributed by atoms with Crippen LogP contribution in [0.2, 0.25) is 0 Å². The van der Waals surface area contributed by atoms with E-state index in [-0.39, 0.29) is 11.7 Å². The molecule has 0 atom stereocenters. The first-order valence-electron chi connectivity index (χ1n) is 9.83. The molecule has 6 nitrogen and oxygen atoms in total. The van der Waals surface area contributed by atoms with E-state index < -0.39 is 6.61 Å². The highest BCUT2D eigenvalue weighted by molar-refractivity contribution is 5.78. The van der Waals surface area contributed by atoms with Crippen LogP contribution < -0.4 is 14.4 Å². The van der Waals surface area contributed by atoms with Gasteiger partial charge in [0, 0.05) is 45.5 Å². The average Bonchev–Trinajstić information content (AvgIpc) is 2.75. The number of nitrogens with zero attached hydrogens (tertiary/aromatic N) is 3. The van der Waals surface area contributed by atoms with Gasteiger partial charge in [-0.25, -0.2) is 0 Å². The topological polar surface area (TPSA) is 45.2 Å². The molecule has 0 aromatic heterocycles. The number of ether oxygens (including phenoxy) is 2. The van der Waals surface area contributed by atoms with Crippen LogP contribution in [0.25, 0.3) is 0 Å². The maximum Gasteiger partial charge on any atom is 0.387 e. The predicted molar refractivity (Wildman–Crippen MR) is 111 cm³/mol. The summed E-state index contributed by atoms with van der Waals surface area (Å²) in [7, 11) is 3.40. The molecule has 1 heterocycles. The molecule has 1 aliphatic heterocycles. The van der Waals surface area contributed by atoms with Gasteiger partial charge < -0.3 is 19.3 Å². The van der Waals surface area contributed by atoms with Crippen molar-refractivity contribution in [1.82, 2.24) is 9.80 Å². The number of anilines is 1. The zero-order valence-electron chi connectivity index (χ0n) is 17.3. The molecule has 0 aliphatic carbocycles. The quantitative estimate of drug-likeness (QED) is 0.658. The minimum Gasteiger partial charge on any atom is -0.497 e. The molecule has 2 aromatic rings. The predicted octanol–water partition coefficient (Wildman–Crippen LogP) is 3.08. The van der Waals surface area contributed by atoms with E-state index in [2.05, 4.69) is 14.5 Å². The van der Waals surface area contributed by atoms with Gasteiger partial charge >= 0.3 is 6.61 Å². The Morgan fingerprint density at radius 2 is 1.60 bits per heavy atom. The number of methoxy groups -OCH3 is 1. The van der Waals surface area contributed by atoms with E-state index in [0.717, 1.165) is 43.2 Å². The summed E-state index contributed by atoms with van der Waals surface area (Å²) in [5.41, 5.74) is 2.01. The van der Waals surface area contributed by atoms with Crippen molar-refractivity contribution >= 4 is 11.6 Å². The number of hydrogen-bond acceptors (Lipinski definition) is 5. The summed E-state index contributed by atoms with van der Waals surface area (Å²) in [5.74, 6) is 0.973. The molecule has 8 heteroatoms. The summed E-state index contributed by atoms with van der Waals surface area (Å²) < 4.78 is 34.0. The van der Waals surface area contributed by atoms with Crippen molar-refractivity contribution in [3.05, 3.63) is 54.1 Å². The number of halogens is 2. The van der Waals surface area contributed by atoms with E-state index in [9.17, 15) is 13.6 Å². The molecule has 0 spiro atoms. The van der Waals surface area contributed by atoms with Crippen molar-refractivity contribution in [2.24, 2.45) is 0 Å². The lowest BCUT2D eigenvalue weighted by atomic mass is 10.2. The zero-order valence-corrected chi connectivity index (χ0v) is 17.3.